The average Bonchev–Trinajstić information content (AvgIpc) is 2.62. The molecule has 106 valence electrons. The molecule has 5 heteroatoms. The van der Waals surface area contributed by atoms with Gasteiger partial charge >= 0.3 is 0 Å². The molecule has 2 atom stereocenters. The fourth-order valence-corrected chi connectivity index (χ4v) is 2.26. The van der Waals surface area contributed by atoms with Crippen molar-refractivity contribution in [3.05, 3.63) is 0 Å². The van der Waals surface area contributed by atoms with Crippen molar-refractivity contribution >= 4 is 5.91 Å². The first-order chi connectivity index (χ1) is 8.60. The van der Waals surface area contributed by atoms with Crippen LogP contribution in [0.1, 0.15) is 26.7 Å². The lowest BCUT2D eigenvalue weighted by Gasteiger charge is -2.27. The minimum atomic E-state index is -0.376. The molecule has 0 unspecified atom stereocenters. The highest BCUT2D eigenvalue weighted by molar-refractivity contribution is 5.82. The highest BCUT2D eigenvalue weighted by atomic mass is 16.3. The van der Waals surface area contributed by atoms with E-state index in [1.165, 1.54) is 0 Å². The summed E-state index contributed by atoms with van der Waals surface area (Å²) in [5.74, 6) is 0.310. The summed E-state index contributed by atoms with van der Waals surface area (Å²) in [5.41, 5.74) is 6.00. The Morgan fingerprint density at radius 2 is 2.06 bits per heavy atom. The van der Waals surface area contributed by atoms with Crippen molar-refractivity contribution in [1.29, 1.82) is 0 Å². The smallest absolute Gasteiger partial charge is 0.239 e. The number of carbonyl (C=O) groups is 1. The molecule has 5 nitrogen and oxygen atoms in total. The molecule has 0 aromatic heterocycles. The van der Waals surface area contributed by atoms with Gasteiger partial charge in [-0.25, -0.2) is 0 Å². The van der Waals surface area contributed by atoms with E-state index >= 15 is 0 Å². The summed E-state index contributed by atoms with van der Waals surface area (Å²) in [6.07, 6.45) is 1.89. The van der Waals surface area contributed by atoms with Crippen LogP contribution in [-0.4, -0.2) is 66.2 Å². The number of hydrogen-bond donors (Lipinski definition) is 2. The number of aliphatic hydroxyl groups excluding tert-OH is 1. The zero-order valence-electron chi connectivity index (χ0n) is 11.6. The van der Waals surface area contributed by atoms with Gasteiger partial charge in [-0.1, -0.05) is 20.3 Å². The molecule has 1 fully saturated rings. The summed E-state index contributed by atoms with van der Waals surface area (Å²) in [5, 5.41) is 8.94. The van der Waals surface area contributed by atoms with E-state index in [0.717, 1.165) is 39.0 Å². The van der Waals surface area contributed by atoms with Crippen LogP contribution in [0.15, 0.2) is 0 Å². The molecule has 0 spiro atoms. The predicted molar refractivity (Wildman–Crippen MR) is 72.2 cm³/mol. The Morgan fingerprint density at radius 1 is 1.33 bits per heavy atom. The molecule has 1 saturated heterocycles. The molecule has 0 aliphatic carbocycles. The van der Waals surface area contributed by atoms with Crippen molar-refractivity contribution < 1.29 is 9.90 Å². The maximum absolute atomic E-state index is 12.2. The maximum atomic E-state index is 12.2. The van der Waals surface area contributed by atoms with E-state index in [2.05, 4.69) is 11.8 Å². The van der Waals surface area contributed by atoms with Crippen LogP contribution in [0, 0.1) is 5.92 Å². The quantitative estimate of drug-likeness (QED) is 0.721. The summed E-state index contributed by atoms with van der Waals surface area (Å²) >= 11 is 0. The van der Waals surface area contributed by atoms with E-state index in [1.807, 2.05) is 11.8 Å². The molecule has 1 aliphatic rings. The highest BCUT2D eigenvalue weighted by Crippen LogP contribution is 2.11. The SMILES string of the molecule is CC[C@H](C)[C@H](N)C(=O)N1CCCN(CCO)CC1. The van der Waals surface area contributed by atoms with Crippen molar-refractivity contribution in [1.82, 2.24) is 9.80 Å². The van der Waals surface area contributed by atoms with E-state index in [9.17, 15) is 4.79 Å². The highest BCUT2D eigenvalue weighted by Gasteiger charge is 2.26. The Balaban J connectivity index is 2.49. The molecule has 1 rings (SSSR count). The van der Waals surface area contributed by atoms with E-state index < -0.39 is 0 Å². The minimum Gasteiger partial charge on any atom is -0.395 e. The van der Waals surface area contributed by atoms with E-state index in [4.69, 9.17) is 10.8 Å². The number of aliphatic hydroxyl groups is 1. The summed E-state index contributed by atoms with van der Waals surface area (Å²) in [6, 6.07) is -0.376. The Morgan fingerprint density at radius 3 is 2.67 bits per heavy atom. The molecule has 1 aliphatic heterocycles. The van der Waals surface area contributed by atoms with Gasteiger partial charge < -0.3 is 15.7 Å². The zero-order chi connectivity index (χ0) is 13.5. The molecule has 0 radical (unpaired) electrons. The predicted octanol–water partition coefficient (Wildman–Crippen LogP) is -0.114. The first kappa shape index (κ1) is 15.4. The summed E-state index contributed by atoms with van der Waals surface area (Å²) < 4.78 is 0. The number of nitrogens with zero attached hydrogens (tertiary/aromatic N) is 2. The van der Waals surface area contributed by atoms with Crippen LogP contribution >= 0.6 is 0 Å². The van der Waals surface area contributed by atoms with Crippen LogP contribution in [0.25, 0.3) is 0 Å². The Labute approximate surface area is 110 Å². The first-order valence-corrected chi connectivity index (χ1v) is 6.97. The monoisotopic (exact) mass is 257 g/mol. The molecule has 1 heterocycles. The van der Waals surface area contributed by atoms with Gasteiger partial charge in [0.25, 0.3) is 0 Å². The summed E-state index contributed by atoms with van der Waals surface area (Å²) in [6.45, 7) is 8.25. The van der Waals surface area contributed by atoms with Crippen molar-refractivity contribution in [2.24, 2.45) is 11.7 Å². The Kier molecular flexibility index (Phi) is 6.60. The molecule has 0 aromatic rings. The van der Waals surface area contributed by atoms with Crippen LogP contribution in [0.5, 0.6) is 0 Å². The van der Waals surface area contributed by atoms with Crippen molar-refractivity contribution in [3.63, 3.8) is 0 Å². The standard InChI is InChI=1S/C13H27N3O2/c1-3-11(2)12(14)13(18)16-6-4-5-15(7-8-16)9-10-17/h11-12,17H,3-10,14H2,1-2H3/t11-,12-/m0/s1. The zero-order valence-corrected chi connectivity index (χ0v) is 11.6. The normalized spacial score (nSPS) is 21.4. The van der Waals surface area contributed by atoms with Crippen LogP contribution in [0.3, 0.4) is 0 Å². The molecular weight excluding hydrogens is 230 g/mol. The van der Waals surface area contributed by atoms with E-state index in [-0.39, 0.29) is 24.5 Å². The number of amides is 1. The second-order valence-corrected chi connectivity index (χ2v) is 5.16. The molecular formula is C13H27N3O2. The van der Waals surface area contributed by atoms with Gasteiger partial charge in [-0.15, -0.1) is 0 Å². The fraction of sp³-hybridized carbons (Fsp3) is 0.923. The third-order valence-electron chi connectivity index (χ3n) is 3.86. The van der Waals surface area contributed by atoms with Crippen LogP contribution in [0.2, 0.25) is 0 Å². The van der Waals surface area contributed by atoms with Gasteiger partial charge in [-0.3, -0.25) is 9.69 Å². The molecule has 0 bridgehead atoms. The van der Waals surface area contributed by atoms with Crippen LogP contribution in [-0.2, 0) is 4.79 Å². The maximum Gasteiger partial charge on any atom is 0.239 e. The number of hydrogen-bond acceptors (Lipinski definition) is 4. The fourth-order valence-electron chi connectivity index (χ4n) is 2.26. The minimum absolute atomic E-state index is 0.0789. The van der Waals surface area contributed by atoms with Crippen molar-refractivity contribution in [3.8, 4) is 0 Å². The molecule has 3 N–H and O–H groups in total. The lowest BCUT2D eigenvalue weighted by Crippen LogP contribution is -2.48. The number of β-amino-alcohol motifs (C(OH)–C–C–N with tert-alkyl or cyclic N) is 1. The second-order valence-electron chi connectivity index (χ2n) is 5.16. The average molecular weight is 257 g/mol. The number of carbonyl (C=O) groups excluding carboxylic acids is 1. The van der Waals surface area contributed by atoms with E-state index in [1.54, 1.807) is 0 Å². The summed E-state index contributed by atoms with van der Waals surface area (Å²) in [7, 11) is 0. The first-order valence-electron chi connectivity index (χ1n) is 6.97. The van der Waals surface area contributed by atoms with Gasteiger partial charge in [0.05, 0.1) is 12.6 Å². The van der Waals surface area contributed by atoms with Gasteiger partial charge in [-0.05, 0) is 18.9 Å². The van der Waals surface area contributed by atoms with Crippen LogP contribution < -0.4 is 5.73 Å². The largest absolute Gasteiger partial charge is 0.395 e. The molecule has 0 aromatic carbocycles. The van der Waals surface area contributed by atoms with Gasteiger partial charge in [-0.2, -0.15) is 0 Å². The third kappa shape index (κ3) is 4.23. The van der Waals surface area contributed by atoms with Crippen molar-refractivity contribution in [2.45, 2.75) is 32.7 Å². The third-order valence-corrected chi connectivity index (χ3v) is 3.86. The Hall–Kier alpha value is -0.650. The number of nitrogens with two attached hydrogens (primary N) is 1. The number of rotatable bonds is 5. The lowest BCUT2D eigenvalue weighted by molar-refractivity contribution is -0.133. The van der Waals surface area contributed by atoms with Crippen LogP contribution in [0.4, 0.5) is 0 Å². The molecule has 1 amide bonds. The molecule has 18 heavy (non-hydrogen) atoms. The van der Waals surface area contributed by atoms with Gasteiger partial charge in [0.1, 0.15) is 0 Å². The lowest BCUT2D eigenvalue weighted by atomic mass is 9.99. The topological polar surface area (TPSA) is 69.8 Å². The molecule has 0 saturated carbocycles. The van der Waals surface area contributed by atoms with Gasteiger partial charge in [0, 0.05) is 26.2 Å². The van der Waals surface area contributed by atoms with Crippen molar-refractivity contribution in [2.75, 3.05) is 39.3 Å². The summed E-state index contributed by atoms with van der Waals surface area (Å²) in [4.78, 5) is 16.3. The van der Waals surface area contributed by atoms with Gasteiger partial charge in [0.2, 0.25) is 5.91 Å². The Bertz CT molecular complexity index is 261. The second kappa shape index (κ2) is 7.71. The van der Waals surface area contributed by atoms with Gasteiger partial charge in [0.15, 0.2) is 0 Å². The van der Waals surface area contributed by atoms with E-state index in [0.29, 0.717) is 6.54 Å².